The van der Waals surface area contributed by atoms with E-state index in [2.05, 4.69) is 9.97 Å². The fourth-order valence-electron chi connectivity index (χ4n) is 0.717. The number of alkyl halides is 3. The molecule has 1 heterocycles. The molecule has 0 atom stereocenters. The third-order valence-corrected chi connectivity index (χ3v) is 1.13. The topological polar surface area (TPSA) is 51.8 Å². The lowest BCUT2D eigenvalue weighted by atomic mass is 10.3. The molecule has 0 amide bonds. The molecule has 0 aromatic carbocycles. The second-order valence-electron chi connectivity index (χ2n) is 2.23. The molecule has 0 fully saturated rings. The van der Waals surface area contributed by atoms with Crippen LogP contribution >= 0.6 is 0 Å². The van der Waals surface area contributed by atoms with E-state index >= 15 is 0 Å². The van der Waals surface area contributed by atoms with Crippen molar-refractivity contribution in [3.63, 3.8) is 0 Å². The molecule has 3 nitrogen and oxygen atoms in total. The maximum atomic E-state index is 11.8. The van der Waals surface area contributed by atoms with Crippen molar-refractivity contribution in [1.82, 2.24) is 9.97 Å². The lowest BCUT2D eigenvalue weighted by Crippen LogP contribution is -2.13. The lowest BCUT2D eigenvalue weighted by Gasteiger charge is -2.04. The van der Waals surface area contributed by atoms with E-state index in [0.717, 1.165) is 12.4 Å². The Kier molecular flexibility index (Phi) is 2.16. The van der Waals surface area contributed by atoms with Gasteiger partial charge in [-0.25, -0.2) is 9.97 Å². The van der Waals surface area contributed by atoms with E-state index in [-0.39, 0.29) is 11.5 Å². The number of rotatable bonds is 1. The molecule has 0 saturated carbocycles. The summed E-state index contributed by atoms with van der Waals surface area (Å²) in [4.78, 5) is 6.88. The number of hydrogen-bond acceptors (Lipinski definition) is 3. The number of nitrogens with two attached hydrogens (primary N) is 1. The number of anilines is 1. The average Bonchev–Trinajstić information content (AvgIpc) is 1.82. The van der Waals surface area contributed by atoms with Crippen molar-refractivity contribution in [2.45, 2.75) is 12.6 Å². The SMILES string of the molecule is Nc1cc(CC(F)(F)F)ncn1. The van der Waals surface area contributed by atoms with Crippen LogP contribution < -0.4 is 5.73 Å². The summed E-state index contributed by atoms with van der Waals surface area (Å²) in [5.41, 5.74) is 5.04. The fourth-order valence-corrected chi connectivity index (χ4v) is 0.717. The smallest absolute Gasteiger partial charge is 0.384 e. The maximum absolute atomic E-state index is 11.8. The van der Waals surface area contributed by atoms with Gasteiger partial charge in [0.2, 0.25) is 0 Å². The van der Waals surface area contributed by atoms with Crippen LogP contribution in [0.1, 0.15) is 5.69 Å². The van der Waals surface area contributed by atoms with Crippen LogP contribution in [-0.4, -0.2) is 16.1 Å². The lowest BCUT2D eigenvalue weighted by molar-refractivity contribution is -0.127. The molecule has 6 heteroatoms. The average molecular weight is 177 g/mol. The molecule has 1 aromatic heterocycles. The van der Waals surface area contributed by atoms with Gasteiger partial charge in [0.25, 0.3) is 0 Å². The summed E-state index contributed by atoms with van der Waals surface area (Å²) >= 11 is 0. The van der Waals surface area contributed by atoms with E-state index < -0.39 is 12.6 Å². The van der Waals surface area contributed by atoms with Gasteiger partial charge in [0.05, 0.1) is 12.1 Å². The normalized spacial score (nSPS) is 11.6. The van der Waals surface area contributed by atoms with E-state index in [9.17, 15) is 13.2 Å². The number of halogens is 3. The van der Waals surface area contributed by atoms with E-state index in [0.29, 0.717) is 0 Å². The molecule has 0 aliphatic heterocycles. The summed E-state index contributed by atoms with van der Waals surface area (Å²) in [6.45, 7) is 0. The minimum atomic E-state index is -4.25. The highest BCUT2D eigenvalue weighted by molar-refractivity contribution is 5.28. The second kappa shape index (κ2) is 2.96. The quantitative estimate of drug-likeness (QED) is 0.700. The van der Waals surface area contributed by atoms with Crippen molar-refractivity contribution < 1.29 is 13.2 Å². The monoisotopic (exact) mass is 177 g/mol. The first kappa shape index (κ1) is 8.76. The van der Waals surface area contributed by atoms with Crippen molar-refractivity contribution >= 4 is 5.82 Å². The zero-order valence-electron chi connectivity index (χ0n) is 5.97. The molecule has 0 spiro atoms. The molecule has 1 aromatic rings. The largest absolute Gasteiger partial charge is 0.394 e. The first-order valence-electron chi connectivity index (χ1n) is 3.10. The van der Waals surface area contributed by atoms with Crippen LogP contribution in [0.15, 0.2) is 12.4 Å². The minimum absolute atomic E-state index is 0.0456. The zero-order chi connectivity index (χ0) is 9.19. The van der Waals surface area contributed by atoms with E-state index in [4.69, 9.17) is 5.73 Å². The second-order valence-corrected chi connectivity index (χ2v) is 2.23. The predicted molar refractivity (Wildman–Crippen MR) is 36.2 cm³/mol. The Morgan fingerprint density at radius 3 is 2.50 bits per heavy atom. The molecule has 0 unspecified atom stereocenters. The standard InChI is InChI=1S/C6H6F3N3/c7-6(8,9)2-4-1-5(10)12-3-11-4/h1,3H,2H2,(H2,10,11,12). The Morgan fingerprint density at radius 2 is 2.00 bits per heavy atom. The summed E-state index contributed by atoms with van der Waals surface area (Å²) in [5, 5.41) is 0. The number of hydrogen-bond donors (Lipinski definition) is 1. The van der Waals surface area contributed by atoms with Crippen LogP contribution in [0.4, 0.5) is 19.0 Å². The van der Waals surface area contributed by atoms with Crippen molar-refractivity contribution in [3.05, 3.63) is 18.1 Å². The first-order chi connectivity index (χ1) is 5.47. The van der Waals surface area contributed by atoms with Crippen molar-refractivity contribution in [3.8, 4) is 0 Å². The molecular weight excluding hydrogens is 171 g/mol. The van der Waals surface area contributed by atoms with E-state index in [1.54, 1.807) is 0 Å². The van der Waals surface area contributed by atoms with Gasteiger partial charge in [0.15, 0.2) is 0 Å². The molecule has 0 saturated heterocycles. The van der Waals surface area contributed by atoms with Gasteiger partial charge in [-0.05, 0) is 0 Å². The van der Waals surface area contributed by atoms with Crippen molar-refractivity contribution in [1.29, 1.82) is 0 Å². The van der Waals surface area contributed by atoms with Crippen LogP contribution in [0.25, 0.3) is 0 Å². The summed E-state index contributed by atoms with van der Waals surface area (Å²) in [6, 6.07) is 1.10. The molecule has 0 bridgehead atoms. The first-order valence-corrected chi connectivity index (χ1v) is 3.10. The van der Waals surface area contributed by atoms with Gasteiger partial charge in [-0.15, -0.1) is 0 Å². The van der Waals surface area contributed by atoms with Gasteiger partial charge in [-0.2, -0.15) is 13.2 Å². The summed E-state index contributed by atoms with van der Waals surface area (Å²) in [6.07, 6.45) is -4.31. The Labute approximate surface area is 66.4 Å². The molecule has 0 aliphatic rings. The van der Waals surface area contributed by atoms with Crippen LogP contribution in [0.2, 0.25) is 0 Å². The number of aromatic nitrogens is 2. The van der Waals surface area contributed by atoms with Crippen molar-refractivity contribution in [2.24, 2.45) is 0 Å². The minimum Gasteiger partial charge on any atom is -0.384 e. The molecule has 1 rings (SSSR count). The van der Waals surface area contributed by atoms with Crippen LogP contribution in [0, 0.1) is 0 Å². The highest BCUT2D eigenvalue weighted by atomic mass is 19.4. The summed E-state index contributed by atoms with van der Waals surface area (Å²) < 4.78 is 35.3. The van der Waals surface area contributed by atoms with Crippen LogP contribution in [0.5, 0.6) is 0 Å². The molecule has 0 radical (unpaired) electrons. The molecule has 2 N–H and O–H groups in total. The zero-order valence-corrected chi connectivity index (χ0v) is 5.97. The predicted octanol–water partition coefficient (Wildman–Crippen LogP) is 1.16. The van der Waals surface area contributed by atoms with Gasteiger partial charge in [0, 0.05) is 6.07 Å². The maximum Gasteiger partial charge on any atom is 0.394 e. The van der Waals surface area contributed by atoms with E-state index in [1.165, 1.54) is 0 Å². The fraction of sp³-hybridized carbons (Fsp3) is 0.333. The third kappa shape index (κ3) is 2.73. The number of nitrogen functional groups attached to an aromatic ring is 1. The Morgan fingerprint density at radius 1 is 1.33 bits per heavy atom. The van der Waals surface area contributed by atoms with Gasteiger partial charge in [-0.1, -0.05) is 0 Å². The third-order valence-electron chi connectivity index (χ3n) is 1.13. The van der Waals surface area contributed by atoms with E-state index in [1.807, 2.05) is 0 Å². The molecular formula is C6H6F3N3. The molecule has 0 aliphatic carbocycles. The van der Waals surface area contributed by atoms with Crippen molar-refractivity contribution in [2.75, 3.05) is 5.73 Å². The van der Waals surface area contributed by atoms with Gasteiger partial charge in [0.1, 0.15) is 12.1 Å². The Bertz CT molecular complexity index is 271. The highest BCUT2D eigenvalue weighted by Crippen LogP contribution is 2.20. The molecule has 12 heavy (non-hydrogen) atoms. The van der Waals surface area contributed by atoms with Gasteiger partial charge < -0.3 is 5.73 Å². The molecule has 66 valence electrons. The van der Waals surface area contributed by atoms with Crippen LogP contribution in [0.3, 0.4) is 0 Å². The Balaban J connectivity index is 2.77. The van der Waals surface area contributed by atoms with Gasteiger partial charge in [-0.3, -0.25) is 0 Å². The summed E-state index contributed by atoms with van der Waals surface area (Å²) in [7, 11) is 0. The summed E-state index contributed by atoms with van der Waals surface area (Å²) in [5.74, 6) is 0.0456. The number of nitrogens with zero attached hydrogens (tertiary/aromatic N) is 2. The van der Waals surface area contributed by atoms with Gasteiger partial charge >= 0.3 is 6.18 Å². The highest BCUT2D eigenvalue weighted by Gasteiger charge is 2.28. The Hall–Kier alpha value is -1.33. The van der Waals surface area contributed by atoms with Crippen LogP contribution in [-0.2, 0) is 6.42 Å².